The van der Waals surface area contributed by atoms with Crippen molar-refractivity contribution in [2.45, 2.75) is 17.3 Å². The van der Waals surface area contributed by atoms with Gasteiger partial charge in [-0.3, -0.25) is 0 Å². The van der Waals surface area contributed by atoms with Crippen molar-refractivity contribution < 1.29 is 0 Å². The molecule has 0 saturated heterocycles. The monoisotopic (exact) mass is 329 g/mol. The summed E-state index contributed by atoms with van der Waals surface area (Å²) < 4.78 is 2.06. The Kier molecular flexibility index (Phi) is 4.80. The number of benzene rings is 2. The zero-order valence-corrected chi connectivity index (χ0v) is 13.8. The van der Waals surface area contributed by atoms with Gasteiger partial charge in [0.1, 0.15) is 5.82 Å². The molecule has 0 aliphatic carbocycles. The van der Waals surface area contributed by atoms with Crippen molar-refractivity contribution in [2.24, 2.45) is 7.05 Å². The fourth-order valence-corrected chi connectivity index (χ4v) is 3.26. The van der Waals surface area contributed by atoms with E-state index in [9.17, 15) is 0 Å². The largest absolute Gasteiger partial charge is 0.309 e. The highest BCUT2D eigenvalue weighted by Gasteiger charge is 2.10. The third kappa shape index (κ3) is 3.70. The third-order valence-electron chi connectivity index (χ3n) is 3.39. The standard InChI is InChI=1S/C17H16ClN3S/c1-21-16(11-13-6-3-2-4-7-13)19-20-17(21)22-12-14-8-5-9-15(18)10-14/h2-10H,11-12H2,1H3. The Morgan fingerprint density at radius 3 is 2.55 bits per heavy atom. The molecule has 3 aromatic rings. The number of aromatic nitrogens is 3. The van der Waals surface area contributed by atoms with Crippen molar-refractivity contribution in [1.82, 2.24) is 14.8 Å². The van der Waals surface area contributed by atoms with Crippen LogP contribution in [0.15, 0.2) is 59.8 Å². The summed E-state index contributed by atoms with van der Waals surface area (Å²) in [4.78, 5) is 0. The van der Waals surface area contributed by atoms with Gasteiger partial charge in [0.2, 0.25) is 0 Å². The van der Waals surface area contributed by atoms with Crippen LogP contribution in [0.3, 0.4) is 0 Å². The van der Waals surface area contributed by atoms with Crippen LogP contribution in [0, 0.1) is 0 Å². The minimum atomic E-state index is 0.765. The molecular formula is C17H16ClN3S. The Morgan fingerprint density at radius 1 is 1.00 bits per heavy atom. The molecule has 0 atom stereocenters. The van der Waals surface area contributed by atoms with Crippen molar-refractivity contribution in [3.8, 4) is 0 Å². The molecule has 5 heteroatoms. The van der Waals surface area contributed by atoms with Gasteiger partial charge in [0, 0.05) is 24.2 Å². The van der Waals surface area contributed by atoms with Gasteiger partial charge in [-0.25, -0.2) is 0 Å². The maximum atomic E-state index is 6.01. The highest BCUT2D eigenvalue weighted by Crippen LogP contribution is 2.23. The number of rotatable bonds is 5. The molecule has 1 aromatic heterocycles. The first-order valence-electron chi connectivity index (χ1n) is 7.02. The molecule has 0 aliphatic heterocycles. The maximum Gasteiger partial charge on any atom is 0.191 e. The molecule has 1 heterocycles. The van der Waals surface area contributed by atoms with Gasteiger partial charge in [0.05, 0.1) is 0 Å². The van der Waals surface area contributed by atoms with E-state index in [0.717, 1.165) is 28.2 Å². The molecule has 0 amide bonds. The van der Waals surface area contributed by atoms with Crippen molar-refractivity contribution >= 4 is 23.4 Å². The number of halogens is 1. The van der Waals surface area contributed by atoms with Crippen LogP contribution in [0.1, 0.15) is 17.0 Å². The molecule has 0 spiro atoms. The second kappa shape index (κ2) is 6.99. The first kappa shape index (κ1) is 15.1. The SMILES string of the molecule is Cn1c(Cc2ccccc2)nnc1SCc1cccc(Cl)c1. The smallest absolute Gasteiger partial charge is 0.191 e. The topological polar surface area (TPSA) is 30.7 Å². The Bertz CT molecular complexity index is 756. The molecule has 22 heavy (non-hydrogen) atoms. The van der Waals surface area contributed by atoms with Crippen LogP contribution in [-0.2, 0) is 19.2 Å². The number of hydrogen-bond acceptors (Lipinski definition) is 3. The summed E-state index contributed by atoms with van der Waals surface area (Å²) in [5.41, 5.74) is 2.43. The second-order valence-corrected chi connectivity index (χ2v) is 6.42. The summed E-state index contributed by atoms with van der Waals surface area (Å²) in [6, 6.07) is 18.2. The zero-order valence-electron chi connectivity index (χ0n) is 12.2. The van der Waals surface area contributed by atoms with Gasteiger partial charge in [-0.1, -0.05) is 65.8 Å². The molecular weight excluding hydrogens is 314 g/mol. The molecule has 0 radical (unpaired) electrons. The summed E-state index contributed by atoms with van der Waals surface area (Å²) in [5.74, 6) is 1.80. The van der Waals surface area contributed by atoms with E-state index in [0.29, 0.717) is 0 Å². The van der Waals surface area contributed by atoms with E-state index in [2.05, 4.69) is 33.0 Å². The summed E-state index contributed by atoms with van der Waals surface area (Å²) in [6.45, 7) is 0. The van der Waals surface area contributed by atoms with E-state index >= 15 is 0 Å². The van der Waals surface area contributed by atoms with Crippen molar-refractivity contribution in [3.05, 3.63) is 76.6 Å². The maximum absolute atomic E-state index is 6.01. The molecule has 0 unspecified atom stereocenters. The molecule has 3 nitrogen and oxygen atoms in total. The molecule has 2 aromatic carbocycles. The molecule has 0 bridgehead atoms. The molecule has 112 valence electrons. The van der Waals surface area contributed by atoms with Crippen LogP contribution in [0.4, 0.5) is 0 Å². The number of hydrogen-bond donors (Lipinski definition) is 0. The first-order chi connectivity index (χ1) is 10.7. The summed E-state index contributed by atoms with van der Waals surface area (Å²) in [6.07, 6.45) is 0.794. The van der Waals surface area contributed by atoms with Gasteiger partial charge in [-0.2, -0.15) is 0 Å². The summed E-state index contributed by atoms with van der Waals surface area (Å²) >= 11 is 7.68. The van der Waals surface area contributed by atoms with Gasteiger partial charge in [-0.15, -0.1) is 10.2 Å². The van der Waals surface area contributed by atoms with Crippen LogP contribution in [0.2, 0.25) is 5.02 Å². The van der Waals surface area contributed by atoms with E-state index in [1.165, 1.54) is 11.1 Å². The van der Waals surface area contributed by atoms with Gasteiger partial charge < -0.3 is 4.57 Å². The lowest BCUT2D eigenvalue weighted by Gasteiger charge is -2.04. The number of thioether (sulfide) groups is 1. The average Bonchev–Trinajstić information content (AvgIpc) is 2.87. The Morgan fingerprint density at radius 2 is 1.77 bits per heavy atom. The predicted molar refractivity (Wildman–Crippen MR) is 91.3 cm³/mol. The Labute approximate surface area is 139 Å². The van der Waals surface area contributed by atoms with Gasteiger partial charge in [0.15, 0.2) is 5.16 Å². The lowest BCUT2D eigenvalue weighted by molar-refractivity contribution is 0.749. The van der Waals surface area contributed by atoms with Gasteiger partial charge >= 0.3 is 0 Å². The minimum absolute atomic E-state index is 0.765. The lowest BCUT2D eigenvalue weighted by atomic mass is 10.1. The Balaban J connectivity index is 1.68. The number of nitrogens with zero attached hydrogens (tertiary/aromatic N) is 3. The fraction of sp³-hybridized carbons (Fsp3) is 0.176. The van der Waals surface area contributed by atoms with Gasteiger partial charge in [0.25, 0.3) is 0 Å². The zero-order chi connectivity index (χ0) is 15.4. The highest BCUT2D eigenvalue weighted by molar-refractivity contribution is 7.98. The quantitative estimate of drug-likeness (QED) is 0.652. The predicted octanol–water partition coefficient (Wildman–Crippen LogP) is 4.35. The molecule has 0 N–H and O–H groups in total. The van der Waals surface area contributed by atoms with Crippen molar-refractivity contribution in [3.63, 3.8) is 0 Å². The molecule has 0 saturated carbocycles. The van der Waals surface area contributed by atoms with Crippen LogP contribution >= 0.6 is 23.4 Å². The van der Waals surface area contributed by atoms with E-state index in [-0.39, 0.29) is 0 Å². The molecule has 0 fully saturated rings. The highest BCUT2D eigenvalue weighted by atomic mass is 35.5. The van der Waals surface area contributed by atoms with Gasteiger partial charge in [-0.05, 0) is 23.3 Å². The van der Waals surface area contributed by atoms with Crippen LogP contribution in [-0.4, -0.2) is 14.8 Å². The normalized spacial score (nSPS) is 10.8. The van der Waals surface area contributed by atoms with Crippen molar-refractivity contribution in [2.75, 3.05) is 0 Å². The lowest BCUT2D eigenvalue weighted by Crippen LogP contribution is -2.00. The van der Waals surface area contributed by atoms with Crippen LogP contribution < -0.4 is 0 Å². The summed E-state index contributed by atoms with van der Waals surface area (Å²) in [7, 11) is 2.01. The first-order valence-corrected chi connectivity index (χ1v) is 8.38. The van der Waals surface area contributed by atoms with E-state index in [4.69, 9.17) is 11.6 Å². The van der Waals surface area contributed by atoms with Crippen LogP contribution in [0.5, 0.6) is 0 Å². The Hall–Kier alpha value is -1.78. The molecule has 0 aliphatic rings. The molecule has 3 rings (SSSR count). The second-order valence-electron chi connectivity index (χ2n) is 5.04. The van der Waals surface area contributed by atoms with E-state index in [1.807, 2.05) is 43.4 Å². The fourth-order valence-electron chi connectivity index (χ4n) is 2.18. The van der Waals surface area contributed by atoms with E-state index in [1.54, 1.807) is 11.8 Å². The third-order valence-corrected chi connectivity index (χ3v) is 4.71. The minimum Gasteiger partial charge on any atom is -0.309 e. The van der Waals surface area contributed by atoms with E-state index < -0.39 is 0 Å². The average molecular weight is 330 g/mol. The van der Waals surface area contributed by atoms with Crippen molar-refractivity contribution in [1.29, 1.82) is 0 Å². The summed E-state index contributed by atoms with van der Waals surface area (Å²) in [5, 5.41) is 10.3. The van der Waals surface area contributed by atoms with Crippen LogP contribution in [0.25, 0.3) is 0 Å².